The van der Waals surface area contributed by atoms with Crippen LogP contribution in [0.15, 0.2) is 146 Å². The van der Waals surface area contributed by atoms with Gasteiger partial charge in [-0.3, -0.25) is 4.21 Å². The van der Waals surface area contributed by atoms with Crippen LogP contribution >= 0.6 is 44.9 Å². The zero-order valence-electron chi connectivity index (χ0n) is 40.5. The van der Waals surface area contributed by atoms with E-state index in [1.807, 2.05) is 133 Å². The molecule has 73 heavy (non-hydrogen) atoms. The molecular formula is C48H54ClF3O7S14. The van der Waals surface area contributed by atoms with Gasteiger partial charge in [0.25, 0.3) is 0 Å². The zero-order chi connectivity index (χ0) is 53.8. The van der Waals surface area contributed by atoms with Crippen LogP contribution in [0.25, 0.3) is 0 Å². The molecule has 3 fully saturated rings. The first-order valence-electron chi connectivity index (χ1n) is 21.7. The number of aryl methyl sites for hydroxylation is 4. The quantitative estimate of drug-likeness (QED) is 0.0917. The Morgan fingerprint density at radius 3 is 1.48 bits per heavy atom. The second-order valence-electron chi connectivity index (χ2n) is 16.8. The SMILES string of the molecule is Cc1ccc(S(=O)Cl)cc1.Cc1ccc(S)cc1.Cc1ccc(SSc2ccc(C(F)(F)F)cc2)cc1.Cc1ccc([S@](=O)CC2C3OC(C)(C)OC3OC2[C@H]2COC(C)(C)O2)cc1.S=S=S=S=S=S=S=S=S. The molecule has 0 saturated carbocycles. The van der Waals surface area contributed by atoms with Gasteiger partial charge in [0.15, 0.2) is 17.9 Å². The van der Waals surface area contributed by atoms with Crippen molar-refractivity contribution in [2.75, 3.05) is 12.4 Å². The second-order valence-corrected chi connectivity index (χ2v) is 35.2. The maximum atomic E-state index is 13.0. The van der Waals surface area contributed by atoms with Crippen molar-refractivity contribution in [1.29, 1.82) is 0 Å². The molecule has 0 aliphatic carbocycles. The predicted octanol–water partition coefficient (Wildman–Crippen LogP) is 13.1. The Labute approximate surface area is 479 Å². The van der Waals surface area contributed by atoms with E-state index in [2.05, 4.69) is 41.9 Å². The molecular weight excluding hydrogens is 1230 g/mol. The van der Waals surface area contributed by atoms with Crippen LogP contribution in [0.5, 0.6) is 0 Å². The minimum Gasteiger partial charge on any atom is -0.348 e. The normalized spacial score (nSPS) is 20.7. The first-order chi connectivity index (χ1) is 34.5. The van der Waals surface area contributed by atoms with E-state index in [0.29, 0.717) is 17.3 Å². The highest BCUT2D eigenvalue weighted by atomic mass is 35.7. The van der Waals surface area contributed by atoms with Gasteiger partial charge in [-0.05, 0) is 139 Å². The van der Waals surface area contributed by atoms with Gasteiger partial charge < -0.3 is 23.7 Å². The summed E-state index contributed by atoms with van der Waals surface area (Å²) in [7, 11) is 16.7. The lowest BCUT2D eigenvalue weighted by Gasteiger charge is -2.28. The molecule has 3 saturated heterocycles. The van der Waals surface area contributed by atoms with Crippen LogP contribution in [-0.2, 0) is 135 Å². The molecule has 0 N–H and O–H groups in total. The molecule has 7 atom stereocenters. The molecule has 0 aromatic heterocycles. The molecule has 5 aromatic rings. The third-order valence-corrected chi connectivity index (χ3v) is 28.8. The van der Waals surface area contributed by atoms with E-state index in [1.54, 1.807) is 56.5 Å². The molecule has 3 aliphatic heterocycles. The number of ether oxygens (including phenoxy) is 5. The molecule has 5 unspecified atom stereocenters. The molecule has 3 heterocycles. The van der Waals surface area contributed by atoms with Crippen molar-refractivity contribution < 1.29 is 45.3 Å². The van der Waals surface area contributed by atoms with E-state index in [4.69, 9.17) is 34.4 Å². The average Bonchev–Trinajstić information content (AvgIpc) is 3.98. The van der Waals surface area contributed by atoms with E-state index in [9.17, 15) is 21.6 Å². The first kappa shape index (κ1) is 64.8. The van der Waals surface area contributed by atoms with Crippen molar-refractivity contribution in [2.45, 2.75) is 122 Å². The van der Waals surface area contributed by atoms with Gasteiger partial charge in [-0.15, -0.1) is 12.6 Å². The molecule has 7 nitrogen and oxygen atoms in total. The Kier molecular flexibility index (Phi) is 28.8. The van der Waals surface area contributed by atoms with Crippen molar-refractivity contribution in [1.82, 2.24) is 0 Å². The Hall–Kier alpha value is -0.690. The summed E-state index contributed by atoms with van der Waals surface area (Å²) in [6, 6.07) is 36.4. The number of benzene rings is 5. The summed E-state index contributed by atoms with van der Waals surface area (Å²) in [6.45, 7) is 16.0. The third kappa shape index (κ3) is 24.1. The fraction of sp³-hybridized carbons (Fsp3) is 0.375. The number of hydrogen-bond acceptors (Lipinski definition) is 12. The average molecular weight is 1280 g/mol. The van der Waals surface area contributed by atoms with Gasteiger partial charge in [0.1, 0.15) is 22.2 Å². The largest absolute Gasteiger partial charge is 0.416 e. The monoisotopic (exact) mass is 1280 g/mol. The van der Waals surface area contributed by atoms with Crippen molar-refractivity contribution in [2.24, 2.45) is 5.92 Å². The van der Waals surface area contributed by atoms with Crippen LogP contribution in [0.4, 0.5) is 13.2 Å². The lowest BCUT2D eigenvalue weighted by Crippen LogP contribution is -2.41. The Bertz CT molecular complexity index is 2840. The number of hydrogen-bond donors (Lipinski definition) is 1. The number of halogens is 4. The van der Waals surface area contributed by atoms with Crippen molar-refractivity contribution in [3.8, 4) is 0 Å². The highest BCUT2D eigenvalue weighted by Crippen LogP contribution is 2.45. The van der Waals surface area contributed by atoms with Crippen LogP contribution in [0, 0.1) is 33.6 Å². The van der Waals surface area contributed by atoms with Crippen LogP contribution in [-0.4, -0.2) is 57.0 Å². The molecule has 0 radical (unpaired) electrons. The van der Waals surface area contributed by atoms with Crippen molar-refractivity contribution >= 4 is 150 Å². The summed E-state index contributed by atoms with van der Waals surface area (Å²) >= 11 is 13.4. The predicted molar refractivity (Wildman–Crippen MR) is 322 cm³/mol. The maximum Gasteiger partial charge on any atom is 0.416 e. The van der Waals surface area contributed by atoms with E-state index >= 15 is 0 Å². The van der Waals surface area contributed by atoms with Gasteiger partial charge in [0, 0.05) is 116 Å². The first-order valence-corrected chi connectivity index (χ1v) is 38.2. The van der Waals surface area contributed by atoms with Crippen LogP contribution in [0.1, 0.15) is 55.5 Å². The fourth-order valence-electron chi connectivity index (χ4n) is 6.62. The zero-order valence-corrected chi connectivity index (χ0v) is 52.7. The molecule has 25 heteroatoms. The number of thiol groups is 1. The standard InChI is InChI=1S/C20H28O6S.C14H11F3S2.C7H7ClOS.C7H8S.S9/c1-12-6-8-13(9-7-12)27(21)11-14-16(15-10-22-19(2,3)24-15)23-18-17(14)25-20(4,5)26-18;1-10-2-6-12(7-3-10)18-19-13-8-4-11(5-9-13)14(15,16)17;1-6-2-4-7(5-3-6)10(8)9;1-6-2-4-7(8)5-3-6;1-3-5-7-9-8-6-4-2/h6-9,14-18H,10-11H2,1-5H3;2-9H,1H3;2-5H,1H3;2-5,8H,1H3;/t14?,15-,16?,17?,18?,27-;;;;/m1..../s1. The molecule has 8 rings (SSSR count). The summed E-state index contributed by atoms with van der Waals surface area (Å²) in [5.41, 5.74) is 4.14. The Balaban J connectivity index is 0.000000217. The lowest BCUT2D eigenvalue weighted by atomic mass is 9.97. The summed E-state index contributed by atoms with van der Waals surface area (Å²) in [5, 5.41) is 0. The summed E-state index contributed by atoms with van der Waals surface area (Å²) < 4.78 is 90.8. The Morgan fingerprint density at radius 1 is 0.616 bits per heavy atom. The van der Waals surface area contributed by atoms with Crippen LogP contribution in [0.2, 0.25) is 0 Å². The highest BCUT2D eigenvalue weighted by molar-refractivity contribution is 8.76. The molecule has 5 aromatic carbocycles. The van der Waals surface area contributed by atoms with Gasteiger partial charge in [-0.1, -0.05) is 92.4 Å². The van der Waals surface area contributed by atoms with Crippen molar-refractivity contribution in [3.63, 3.8) is 0 Å². The van der Waals surface area contributed by atoms with Gasteiger partial charge >= 0.3 is 6.18 Å². The van der Waals surface area contributed by atoms with E-state index in [1.165, 1.54) is 62.6 Å². The van der Waals surface area contributed by atoms with E-state index in [0.717, 1.165) is 42.8 Å². The minimum atomic E-state index is -4.27. The summed E-state index contributed by atoms with van der Waals surface area (Å²) in [4.78, 5) is 4.38. The van der Waals surface area contributed by atoms with Gasteiger partial charge in [-0.2, -0.15) is 13.2 Å². The number of rotatable bonds is 8. The molecule has 0 spiro atoms. The van der Waals surface area contributed by atoms with Crippen LogP contribution in [0.3, 0.4) is 0 Å². The maximum absolute atomic E-state index is 13.0. The van der Waals surface area contributed by atoms with Gasteiger partial charge in [0.05, 0.1) is 34.0 Å². The number of alkyl halides is 3. The molecule has 0 bridgehead atoms. The molecule has 400 valence electrons. The van der Waals surface area contributed by atoms with Crippen molar-refractivity contribution in [3.05, 3.63) is 149 Å². The summed E-state index contributed by atoms with van der Waals surface area (Å²) in [5.74, 6) is -1.04. The highest BCUT2D eigenvalue weighted by Gasteiger charge is 2.58. The lowest BCUT2D eigenvalue weighted by molar-refractivity contribution is -0.226. The fourth-order valence-corrected chi connectivity index (χ4v) is 24.4. The van der Waals surface area contributed by atoms with E-state index < -0.39 is 50.4 Å². The molecule has 3 aliphatic rings. The van der Waals surface area contributed by atoms with Gasteiger partial charge in [-0.25, -0.2) is 4.21 Å². The van der Waals surface area contributed by atoms with Crippen LogP contribution < -0.4 is 0 Å². The Morgan fingerprint density at radius 2 is 1.05 bits per heavy atom. The van der Waals surface area contributed by atoms with E-state index in [-0.39, 0.29) is 24.2 Å². The second kappa shape index (κ2) is 32.4. The minimum absolute atomic E-state index is 0.110. The number of fused-ring (bicyclic) bond motifs is 1. The third-order valence-electron chi connectivity index (χ3n) is 10.1. The summed E-state index contributed by atoms with van der Waals surface area (Å²) in [6.07, 6.45) is -5.54. The topological polar surface area (TPSA) is 80.3 Å². The smallest absolute Gasteiger partial charge is 0.348 e. The molecule has 0 amide bonds. The van der Waals surface area contributed by atoms with Gasteiger partial charge in [0.2, 0.25) is 0 Å².